The third kappa shape index (κ3) is 8.85. The normalized spacial score (nSPS) is 17.7. The Morgan fingerprint density at radius 3 is 1.25 bits per heavy atom. The van der Waals surface area contributed by atoms with Crippen LogP contribution in [0.5, 0.6) is 0 Å². The molecule has 6 aromatic carbocycles. The minimum absolute atomic E-state index is 0.0224. The van der Waals surface area contributed by atoms with Crippen molar-refractivity contribution in [1.82, 2.24) is 0 Å². The van der Waals surface area contributed by atoms with Crippen LogP contribution in [0.25, 0.3) is 45.5 Å². The number of hydrogen-bond donors (Lipinski definition) is 0. The molecule has 1 heterocycles. The van der Waals surface area contributed by atoms with E-state index in [1.165, 1.54) is 114 Å². The van der Waals surface area contributed by atoms with E-state index in [4.69, 9.17) is 0 Å². The molecular formula is C68H83Cl2SiZr. The van der Waals surface area contributed by atoms with E-state index in [9.17, 15) is 17.0 Å². The van der Waals surface area contributed by atoms with Crippen molar-refractivity contribution < 1.29 is 16.4 Å². The van der Waals surface area contributed by atoms with Crippen LogP contribution in [0.2, 0.25) is 0 Å². The topological polar surface area (TPSA) is 0 Å². The van der Waals surface area contributed by atoms with Crippen LogP contribution in [-0.4, -0.2) is 9.52 Å². The van der Waals surface area contributed by atoms with E-state index in [0.29, 0.717) is 11.8 Å². The van der Waals surface area contributed by atoms with Crippen molar-refractivity contribution in [1.29, 1.82) is 0 Å². The predicted molar refractivity (Wildman–Crippen MR) is 320 cm³/mol. The fourth-order valence-corrected chi connectivity index (χ4v) is 41.2. The van der Waals surface area contributed by atoms with Gasteiger partial charge < -0.3 is 0 Å². The first-order valence-electron chi connectivity index (χ1n) is 27.3. The molecule has 0 nitrogen and oxygen atoms in total. The molecule has 0 aromatic heterocycles. The van der Waals surface area contributed by atoms with E-state index < -0.39 is 25.9 Å². The van der Waals surface area contributed by atoms with E-state index in [2.05, 4.69) is 240 Å². The summed E-state index contributed by atoms with van der Waals surface area (Å²) in [6.07, 6.45) is 6.91. The molecule has 2 unspecified atom stereocenters. The number of allylic oxidation sites excluding steroid dienone is 2. The van der Waals surface area contributed by atoms with Crippen molar-refractivity contribution in [2.75, 3.05) is 0 Å². The Morgan fingerprint density at radius 2 is 0.875 bits per heavy atom. The van der Waals surface area contributed by atoms with E-state index >= 15 is 0 Å². The fourth-order valence-electron chi connectivity index (χ4n) is 12.9. The second kappa shape index (κ2) is 18.4. The first-order valence-corrected chi connectivity index (χ1v) is 39.1. The van der Waals surface area contributed by atoms with Crippen LogP contribution in [0, 0.1) is 0 Å². The van der Waals surface area contributed by atoms with Crippen LogP contribution in [0.1, 0.15) is 212 Å². The molecule has 0 amide bonds. The van der Waals surface area contributed by atoms with Crippen molar-refractivity contribution in [3.8, 4) is 33.4 Å². The zero-order chi connectivity index (χ0) is 52.4. The van der Waals surface area contributed by atoms with Crippen LogP contribution < -0.4 is 13.6 Å². The van der Waals surface area contributed by atoms with E-state index in [1.54, 1.807) is 0 Å². The maximum absolute atomic E-state index is 9.62. The first-order chi connectivity index (χ1) is 33.5. The number of halogens is 2. The van der Waals surface area contributed by atoms with Gasteiger partial charge in [0.1, 0.15) is 0 Å². The molecule has 0 fully saturated rings. The zero-order valence-corrected chi connectivity index (χ0v) is 52.5. The van der Waals surface area contributed by atoms with Crippen molar-refractivity contribution >= 4 is 52.3 Å². The third-order valence-electron chi connectivity index (χ3n) is 17.0. The van der Waals surface area contributed by atoms with Crippen molar-refractivity contribution in [3.05, 3.63) is 170 Å². The van der Waals surface area contributed by atoms with Gasteiger partial charge in [0, 0.05) is 0 Å². The van der Waals surface area contributed by atoms with E-state index in [-0.39, 0.29) is 28.9 Å². The van der Waals surface area contributed by atoms with Crippen LogP contribution in [0.4, 0.5) is 0 Å². The monoisotopic (exact) mass is 1090 g/mol. The van der Waals surface area contributed by atoms with E-state index in [0.717, 1.165) is 12.8 Å². The van der Waals surface area contributed by atoms with Gasteiger partial charge in [-0.15, -0.1) is 0 Å². The van der Waals surface area contributed by atoms with Crippen LogP contribution >= 0.6 is 17.0 Å². The van der Waals surface area contributed by atoms with Gasteiger partial charge >= 0.3 is 450 Å². The average molecular weight is 1090 g/mol. The molecule has 6 aromatic rings. The standard InChI is InChI=1S/2C28H37.C12H9Si.2ClH.Zr/c2*1-10-19-13-20-11-12-24(18(2)3)26(25(20)14-19)21-15-22(27(4,5)6)17-23(16-21)28(7,8)9;1-3-7-11-9(5-1)10-6-2-4-8-12(10)13-11;;;/h2*11-18H,10H2,1-9H3;1-7H,13H2;2*1H;/q;;;;;+2/p-2. The molecular weight excluding hydrogens is 1010 g/mol. The van der Waals surface area contributed by atoms with Gasteiger partial charge in [-0.25, -0.2) is 0 Å². The van der Waals surface area contributed by atoms with Crippen molar-refractivity contribution in [2.45, 2.75) is 178 Å². The number of hydrogen-bond acceptors (Lipinski definition) is 0. The summed E-state index contributed by atoms with van der Waals surface area (Å²) in [6, 6.07) is 41.1. The molecule has 0 bridgehead atoms. The van der Waals surface area contributed by atoms with Crippen molar-refractivity contribution in [2.24, 2.45) is 0 Å². The Kier molecular flexibility index (Phi) is 13.6. The molecule has 3 aliphatic rings. The van der Waals surface area contributed by atoms with Gasteiger partial charge in [0.15, 0.2) is 0 Å². The quantitative estimate of drug-likeness (QED) is 0.126. The summed E-state index contributed by atoms with van der Waals surface area (Å²) in [7, 11) is 18.3. The molecule has 1 aliphatic heterocycles. The number of rotatable bonds is 9. The second-order valence-electron chi connectivity index (χ2n) is 26.8. The Balaban J connectivity index is 1.40. The van der Waals surface area contributed by atoms with Gasteiger partial charge in [-0.2, -0.15) is 0 Å². The molecule has 377 valence electrons. The molecule has 0 saturated heterocycles. The van der Waals surface area contributed by atoms with Gasteiger partial charge in [0.25, 0.3) is 0 Å². The van der Waals surface area contributed by atoms with Gasteiger partial charge in [0.2, 0.25) is 0 Å². The van der Waals surface area contributed by atoms with Gasteiger partial charge in [-0.3, -0.25) is 0 Å². The summed E-state index contributed by atoms with van der Waals surface area (Å²) in [6.45, 7) is 42.4. The summed E-state index contributed by atoms with van der Waals surface area (Å²) >= 11 is -5.80. The second-order valence-corrected chi connectivity index (χ2v) is 49.2. The molecule has 9 rings (SSSR count). The number of benzene rings is 6. The van der Waals surface area contributed by atoms with Crippen LogP contribution in [0.3, 0.4) is 0 Å². The predicted octanol–water partition coefficient (Wildman–Crippen LogP) is 18.3. The van der Waals surface area contributed by atoms with Crippen LogP contribution in [-0.2, 0) is 38.1 Å². The molecule has 0 spiro atoms. The van der Waals surface area contributed by atoms with E-state index in [1.807, 2.05) is 0 Å². The number of fused-ring (bicyclic) bond motifs is 5. The molecule has 4 heteroatoms. The molecule has 0 saturated carbocycles. The first kappa shape index (κ1) is 53.3. The third-order valence-corrected chi connectivity index (χ3v) is 39.8. The Labute approximate surface area is 446 Å². The summed E-state index contributed by atoms with van der Waals surface area (Å²) in [5, 5.41) is 2.97. The zero-order valence-electron chi connectivity index (χ0n) is 47.2. The molecule has 72 heavy (non-hydrogen) atoms. The van der Waals surface area contributed by atoms with Gasteiger partial charge in [0.05, 0.1) is 0 Å². The van der Waals surface area contributed by atoms with Crippen LogP contribution in [0.15, 0.2) is 114 Å². The molecule has 0 N–H and O–H groups in total. The SMILES string of the molecule is CCC1=Cc2c(ccc(C(C)C)c2-c2cc(C(C)(C)C)cc(C(C)(C)C)c2)[CH]1[Zr]([Cl])([Cl])([c]1cccc2c1[SiH2]c1ccccc1-2)[CH]1C(CC)=Cc2c1ccc(C(C)C)c2-c1cc(C(C)(C)C)cc(C(C)(C)C)c1. The van der Waals surface area contributed by atoms with Gasteiger partial charge in [-0.05, 0) is 0 Å². The Bertz CT molecular complexity index is 2990. The summed E-state index contributed by atoms with van der Waals surface area (Å²) in [5.74, 6) is 0.631. The molecule has 2 atom stereocenters. The fraction of sp³-hybridized carbons (Fsp3) is 0.412. The summed E-state index contributed by atoms with van der Waals surface area (Å²) in [4.78, 5) is 0. The van der Waals surface area contributed by atoms with Crippen molar-refractivity contribution in [3.63, 3.8) is 0 Å². The maximum atomic E-state index is 9.62. The molecule has 2 aliphatic carbocycles. The molecule has 0 radical (unpaired) electrons. The summed E-state index contributed by atoms with van der Waals surface area (Å²) in [5.41, 5.74) is 24.3. The summed E-state index contributed by atoms with van der Waals surface area (Å²) < 4.78 is 1.03. The average Bonchev–Trinajstić information content (AvgIpc) is 4.01. The Morgan fingerprint density at radius 1 is 0.486 bits per heavy atom. The van der Waals surface area contributed by atoms with Gasteiger partial charge in [-0.1, -0.05) is 0 Å². The Hall–Kier alpha value is -3.52. The minimum atomic E-state index is -5.80.